The number of hydrogen-bond donors (Lipinski definition) is 3. The summed E-state index contributed by atoms with van der Waals surface area (Å²) in [4.78, 5) is 13.7. The molecule has 0 bridgehead atoms. The normalized spacial score (nSPS) is 23.2. The van der Waals surface area contributed by atoms with E-state index in [4.69, 9.17) is 0 Å². The molecule has 2 atom stereocenters. The molecule has 0 aliphatic carbocycles. The Morgan fingerprint density at radius 2 is 2.00 bits per heavy atom. The van der Waals surface area contributed by atoms with E-state index < -0.39 is 12.2 Å². The van der Waals surface area contributed by atoms with Gasteiger partial charge in [-0.25, -0.2) is 0 Å². The first-order chi connectivity index (χ1) is 9.45. The van der Waals surface area contributed by atoms with Crippen LogP contribution in [0.1, 0.15) is 25.3 Å². The Morgan fingerprint density at radius 1 is 1.35 bits per heavy atom. The maximum absolute atomic E-state index is 11.9. The van der Waals surface area contributed by atoms with Gasteiger partial charge in [-0.05, 0) is 23.6 Å². The van der Waals surface area contributed by atoms with Crippen LogP contribution in [0.25, 0.3) is 0 Å². The predicted octanol–water partition coefficient (Wildman–Crippen LogP) is 0.786. The summed E-state index contributed by atoms with van der Waals surface area (Å²) in [5.41, 5.74) is 1.95. The number of carbonyl (C=O) groups excluding carboxylic acids is 1. The average Bonchev–Trinajstić information content (AvgIpc) is 2.68. The second kappa shape index (κ2) is 6.35. The number of likely N-dealkylation sites (tertiary alicyclic amines) is 1. The third-order valence-corrected chi connectivity index (χ3v) is 3.54. The molecule has 2 rings (SSSR count). The molecule has 0 spiro atoms. The van der Waals surface area contributed by atoms with Gasteiger partial charge < -0.3 is 15.5 Å². The highest BCUT2D eigenvalue weighted by molar-refractivity contribution is 5.92. The molecule has 0 unspecified atom stereocenters. The van der Waals surface area contributed by atoms with Crippen LogP contribution in [0.2, 0.25) is 0 Å². The van der Waals surface area contributed by atoms with Gasteiger partial charge in [-0.1, -0.05) is 26.0 Å². The molecule has 1 aliphatic rings. The van der Waals surface area contributed by atoms with Crippen molar-refractivity contribution in [3.8, 4) is 0 Å². The predicted molar refractivity (Wildman–Crippen MR) is 77.6 cm³/mol. The smallest absolute Gasteiger partial charge is 0.238 e. The summed E-state index contributed by atoms with van der Waals surface area (Å²) >= 11 is 0. The number of anilines is 1. The van der Waals surface area contributed by atoms with Gasteiger partial charge in [-0.3, -0.25) is 9.69 Å². The minimum absolute atomic E-state index is 0.132. The molecule has 110 valence electrons. The van der Waals surface area contributed by atoms with Crippen LogP contribution in [0.3, 0.4) is 0 Å². The van der Waals surface area contributed by atoms with Crippen LogP contribution in [-0.4, -0.2) is 52.9 Å². The molecule has 1 amide bonds. The zero-order chi connectivity index (χ0) is 14.7. The van der Waals surface area contributed by atoms with E-state index in [1.165, 1.54) is 5.56 Å². The molecule has 1 saturated heterocycles. The number of benzene rings is 1. The van der Waals surface area contributed by atoms with E-state index >= 15 is 0 Å². The molecule has 0 aromatic heterocycles. The van der Waals surface area contributed by atoms with Gasteiger partial charge in [0.15, 0.2) is 0 Å². The van der Waals surface area contributed by atoms with Crippen LogP contribution in [0.15, 0.2) is 24.3 Å². The van der Waals surface area contributed by atoms with Crippen LogP contribution in [0, 0.1) is 0 Å². The fraction of sp³-hybridized carbons (Fsp3) is 0.533. The van der Waals surface area contributed by atoms with Crippen molar-refractivity contribution in [2.75, 3.05) is 25.0 Å². The summed E-state index contributed by atoms with van der Waals surface area (Å²) in [5.74, 6) is 0.280. The summed E-state index contributed by atoms with van der Waals surface area (Å²) in [6.45, 7) is 5.06. The highest BCUT2D eigenvalue weighted by atomic mass is 16.3. The van der Waals surface area contributed by atoms with Gasteiger partial charge in [-0.15, -0.1) is 0 Å². The molecule has 1 heterocycles. The lowest BCUT2D eigenvalue weighted by Crippen LogP contribution is -2.32. The second-order valence-corrected chi connectivity index (χ2v) is 5.66. The Bertz CT molecular complexity index is 466. The van der Waals surface area contributed by atoms with Crippen LogP contribution < -0.4 is 5.32 Å². The SMILES string of the molecule is CC(C)c1cccc(NC(=O)CN2C[C@@H](O)[C@@H](O)C2)c1. The Balaban J connectivity index is 1.90. The minimum atomic E-state index is -0.757. The van der Waals surface area contributed by atoms with E-state index in [-0.39, 0.29) is 12.5 Å². The first-order valence-corrected chi connectivity index (χ1v) is 6.94. The third-order valence-electron chi connectivity index (χ3n) is 3.54. The van der Waals surface area contributed by atoms with Crippen molar-refractivity contribution in [1.82, 2.24) is 4.90 Å². The Labute approximate surface area is 119 Å². The molecule has 5 nitrogen and oxygen atoms in total. The number of β-amino-alcohol motifs (C(OH)–C–C–N with tert-alkyl or cyclic N) is 2. The van der Waals surface area contributed by atoms with E-state index in [0.717, 1.165) is 5.69 Å². The van der Waals surface area contributed by atoms with Crippen molar-refractivity contribution >= 4 is 11.6 Å². The first kappa shape index (κ1) is 15.0. The van der Waals surface area contributed by atoms with Crippen LogP contribution in [0.4, 0.5) is 5.69 Å². The molecule has 1 aromatic carbocycles. The van der Waals surface area contributed by atoms with Gasteiger partial charge in [0.1, 0.15) is 0 Å². The minimum Gasteiger partial charge on any atom is -0.389 e. The lowest BCUT2D eigenvalue weighted by molar-refractivity contribution is -0.117. The van der Waals surface area contributed by atoms with Gasteiger partial charge in [0, 0.05) is 18.8 Å². The Morgan fingerprint density at radius 3 is 2.60 bits per heavy atom. The summed E-state index contributed by atoms with van der Waals surface area (Å²) < 4.78 is 0. The largest absolute Gasteiger partial charge is 0.389 e. The highest BCUT2D eigenvalue weighted by Gasteiger charge is 2.30. The average molecular weight is 278 g/mol. The molecular weight excluding hydrogens is 256 g/mol. The van der Waals surface area contributed by atoms with E-state index in [1.807, 2.05) is 24.3 Å². The van der Waals surface area contributed by atoms with Crippen LogP contribution in [-0.2, 0) is 4.79 Å². The topological polar surface area (TPSA) is 72.8 Å². The third kappa shape index (κ3) is 3.79. The highest BCUT2D eigenvalue weighted by Crippen LogP contribution is 2.18. The molecule has 20 heavy (non-hydrogen) atoms. The van der Waals surface area contributed by atoms with Crippen LogP contribution in [0.5, 0.6) is 0 Å². The number of hydrogen-bond acceptors (Lipinski definition) is 4. The second-order valence-electron chi connectivity index (χ2n) is 5.66. The van der Waals surface area contributed by atoms with Crippen molar-refractivity contribution in [3.63, 3.8) is 0 Å². The Kier molecular flexibility index (Phi) is 4.75. The number of nitrogens with one attached hydrogen (secondary N) is 1. The number of nitrogens with zero attached hydrogens (tertiary/aromatic N) is 1. The fourth-order valence-corrected chi connectivity index (χ4v) is 2.36. The maximum Gasteiger partial charge on any atom is 0.238 e. The number of amides is 1. The summed E-state index contributed by atoms with van der Waals surface area (Å²) in [6.07, 6.45) is -1.51. The fourth-order valence-electron chi connectivity index (χ4n) is 2.36. The van der Waals surface area contributed by atoms with Gasteiger partial charge in [-0.2, -0.15) is 0 Å². The Hall–Kier alpha value is -1.43. The van der Waals surface area contributed by atoms with Gasteiger partial charge in [0.2, 0.25) is 5.91 Å². The van der Waals surface area contributed by atoms with E-state index in [2.05, 4.69) is 19.2 Å². The van der Waals surface area contributed by atoms with Gasteiger partial charge in [0.05, 0.1) is 18.8 Å². The van der Waals surface area contributed by atoms with Crippen molar-refractivity contribution < 1.29 is 15.0 Å². The van der Waals surface area contributed by atoms with E-state index in [9.17, 15) is 15.0 Å². The van der Waals surface area contributed by atoms with E-state index in [1.54, 1.807) is 4.90 Å². The maximum atomic E-state index is 11.9. The van der Waals surface area contributed by atoms with Crippen molar-refractivity contribution in [2.45, 2.75) is 32.0 Å². The lowest BCUT2D eigenvalue weighted by Gasteiger charge is -2.15. The lowest BCUT2D eigenvalue weighted by atomic mass is 10.0. The quantitative estimate of drug-likeness (QED) is 0.761. The number of carbonyl (C=O) groups is 1. The van der Waals surface area contributed by atoms with Gasteiger partial charge in [0.25, 0.3) is 0 Å². The molecule has 5 heteroatoms. The van der Waals surface area contributed by atoms with Gasteiger partial charge >= 0.3 is 0 Å². The van der Waals surface area contributed by atoms with E-state index in [0.29, 0.717) is 19.0 Å². The number of aliphatic hydroxyl groups excluding tert-OH is 2. The monoisotopic (exact) mass is 278 g/mol. The summed E-state index contributed by atoms with van der Waals surface area (Å²) in [7, 11) is 0. The molecule has 1 aliphatic heterocycles. The summed E-state index contributed by atoms with van der Waals surface area (Å²) in [6, 6.07) is 7.79. The molecule has 1 aromatic rings. The molecule has 0 saturated carbocycles. The number of aliphatic hydroxyl groups is 2. The van der Waals surface area contributed by atoms with Crippen LogP contribution >= 0.6 is 0 Å². The standard InChI is InChI=1S/C15H22N2O3/c1-10(2)11-4-3-5-12(6-11)16-15(20)9-17-7-13(18)14(19)8-17/h3-6,10,13-14,18-19H,7-9H2,1-2H3,(H,16,20)/t13-,14+. The number of rotatable bonds is 4. The molecule has 0 radical (unpaired) electrons. The van der Waals surface area contributed by atoms with Crippen molar-refractivity contribution in [2.24, 2.45) is 0 Å². The summed E-state index contributed by atoms with van der Waals surface area (Å²) in [5, 5.41) is 21.7. The van der Waals surface area contributed by atoms with Crippen molar-refractivity contribution in [3.05, 3.63) is 29.8 Å². The van der Waals surface area contributed by atoms with Crippen molar-refractivity contribution in [1.29, 1.82) is 0 Å². The first-order valence-electron chi connectivity index (χ1n) is 6.94. The molecular formula is C15H22N2O3. The molecule has 1 fully saturated rings. The zero-order valence-electron chi connectivity index (χ0n) is 11.9. The zero-order valence-corrected chi connectivity index (χ0v) is 11.9. The molecule has 3 N–H and O–H groups in total.